The average molecular weight is 378 g/mol. The molecule has 27 heavy (non-hydrogen) atoms. The molecule has 2 rings (SSSR count). The average Bonchev–Trinajstić information content (AvgIpc) is 2.66. The first kappa shape index (κ1) is 20.7. The number of likely N-dealkylation sites (N-methyl/N-ethyl adjacent to an activating group) is 1. The molecule has 1 atom stereocenters. The summed E-state index contributed by atoms with van der Waals surface area (Å²) >= 11 is 0. The van der Waals surface area contributed by atoms with E-state index in [9.17, 15) is 19.5 Å². The fraction of sp³-hybridized carbons (Fsp3) is 0.526. The zero-order chi connectivity index (χ0) is 20.0. The van der Waals surface area contributed by atoms with Gasteiger partial charge in [-0.3, -0.25) is 14.4 Å². The smallest absolute Gasteiger partial charge is 0.313 e. The minimum atomic E-state index is -1.11. The largest absolute Gasteiger partial charge is 0.483 e. The van der Waals surface area contributed by atoms with Crippen molar-refractivity contribution in [3.05, 3.63) is 29.8 Å². The summed E-state index contributed by atoms with van der Waals surface area (Å²) < 4.78 is 10.6. The minimum Gasteiger partial charge on any atom is -0.483 e. The van der Waals surface area contributed by atoms with E-state index in [1.807, 2.05) is 0 Å². The van der Waals surface area contributed by atoms with Crippen molar-refractivity contribution in [3.8, 4) is 5.75 Å². The van der Waals surface area contributed by atoms with E-state index >= 15 is 0 Å². The topological polar surface area (TPSA) is 96.4 Å². The Kier molecular flexibility index (Phi) is 6.79. The molecular formula is C19H26N2O6. The van der Waals surface area contributed by atoms with Crippen molar-refractivity contribution in [1.29, 1.82) is 0 Å². The lowest BCUT2D eigenvalue weighted by molar-refractivity contribution is -0.155. The van der Waals surface area contributed by atoms with Gasteiger partial charge in [0.25, 0.3) is 11.8 Å². The van der Waals surface area contributed by atoms with Crippen LogP contribution >= 0.6 is 0 Å². The van der Waals surface area contributed by atoms with Crippen molar-refractivity contribution in [3.63, 3.8) is 0 Å². The lowest BCUT2D eigenvalue weighted by Gasteiger charge is -2.39. The summed E-state index contributed by atoms with van der Waals surface area (Å²) in [7, 11) is 4.70. The first-order valence-corrected chi connectivity index (χ1v) is 8.74. The number of piperidine rings is 1. The molecule has 1 aromatic carbocycles. The van der Waals surface area contributed by atoms with Crippen LogP contribution in [-0.2, 0) is 14.3 Å². The predicted octanol–water partition coefficient (Wildman–Crippen LogP) is 1.11. The van der Waals surface area contributed by atoms with E-state index in [2.05, 4.69) is 0 Å². The Bertz CT molecular complexity index is 701. The number of carboxylic acid groups (broad SMARTS) is 1. The summed E-state index contributed by atoms with van der Waals surface area (Å²) in [6.07, 6.45) is 1.03. The van der Waals surface area contributed by atoms with Crippen LogP contribution < -0.4 is 4.74 Å². The van der Waals surface area contributed by atoms with E-state index in [0.717, 1.165) is 0 Å². The number of aliphatic carboxylic acids is 1. The number of carbonyl (C=O) groups is 3. The van der Waals surface area contributed by atoms with Crippen LogP contribution in [0.4, 0.5) is 0 Å². The van der Waals surface area contributed by atoms with Crippen molar-refractivity contribution in [2.45, 2.75) is 12.8 Å². The second-order valence-corrected chi connectivity index (χ2v) is 6.92. The summed E-state index contributed by atoms with van der Waals surface area (Å²) in [5, 5.41) is 9.66. The maximum Gasteiger partial charge on any atom is 0.313 e. The van der Waals surface area contributed by atoms with Crippen LogP contribution in [0.3, 0.4) is 0 Å². The number of rotatable bonds is 7. The van der Waals surface area contributed by atoms with Gasteiger partial charge in [-0.1, -0.05) is 12.1 Å². The van der Waals surface area contributed by atoms with Crippen LogP contribution in [0.15, 0.2) is 24.3 Å². The van der Waals surface area contributed by atoms with Gasteiger partial charge in [-0.2, -0.15) is 0 Å². The molecule has 8 heteroatoms. The SMILES string of the molecule is COCC1(C(=O)O)CCCN(C(=O)c2ccccc2OCC(=O)N(C)C)C1. The normalized spacial score (nSPS) is 19.4. The van der Waals surface area contributed by atoms with Gasteiger partial charge in [-0.25, -0.2) is 0 Å². The highest BCUT2D eigenvalue weighted by Crippen LogP contribution is 2.32. The number of carboxylic acids is 1. The third-order valence-corrected chi connectivity index (χ3v) is 4.71. The van der Waals surface area contributed by atoms with E-state index in [1.54, 1.807) is 38.4 Å². The number of para-hydroxylation sites is 1. The highest BCUT2D eigenvalue weighted by molar-refractivity contribution is 5.97. The molecule has 1 N–H and O–H groups in total. The van der Waals surface area contributed by atoms with E-state index < -0.39 is 11.4 Å². The van der Waals surface area contributed by atoms with Gasteiger partial charge in [0.05, 0.1) is 12.2 Å². The zero-order valence-corrected chi connectivity index (χ0v) is 15.9. The van der Waals surface area contributed by atoms with Gasteiger partial charge in [0.2, 0.25) is 0 Å². The molecule has 0 saturated carbocycles. The van der Waals surface area contributed by atoms with E-state index in [-0.39, 0.29) is 31.6 Å². The van der Waals surface area contributed by atoms with Crippen molar-refractivity contribution >= 4 is 17.8 Å². The van der Waals surface area contributed by atoms with Gasteiger partial charge < -0.3 is 24.4 Å². The van der Waals surface area contributed by atoms with Crippen LogP contribution in [0.2, 0.25) is 0 Å². The highest BCUT2D eigenvalue weighted by atomic mass is 16.5. The van der Waals surface area contributed by atoms with Crippen molar-refractivity contribution < 1.29 is 29.0 Å². The minimum absolute atomic E-state index is 0.0433. The number of benzene rings is 1. The van der Waals surface area contributed by atoms with Gasteiger partial charge in [-0.15, -0.1) is 0 Å². The molecule has 8 nitrogen and oxygen atoms in total. The summed E-state index contributed by atoms with van der Waals surface area (Å²) in [6, 6.07) is 6.66. The Labute approximate surface area is 158 Å². The molecule has 1 unspecified atom stereocenters. The Morgan fingerprint density at radius 1 is 1.26 bits per heavy atom. The maximum atomic E-state index is 13.0. The van der Waals surface area contributed by atoms with Gasteiger partial charge >= 0.3 is 5.97 Å². The third-order valence-electron chi connectivity index (χ3n) is 4.71. The quantitative estimate of drug-likeness (QED) is 0.763. The van der Waals surface area contributed by atoms with Gasteiger partial charge in [0.15, 0.2) is 6.61 Å². The first-order valence-electron chi connectivity index (χ1n) is 8.74. The lowest BCUT2D eigenvalue weighted by atomic mass is 9.80. The summed E-state index contributed by atoms with van der Waals surface area (Å²) in [4.78, 5) is 39.5. The maximum absolute atomic E-state index is 13.0. The van der Waals surface area contributed by atoms with Gasteiger partial charge in [0, 0.05) is 34.3 Å². The number of likely N-dealkylation sites (tertiary alicyclic amines) is 1. The summed E-state index contributed by atoms with van der Waals surface area (Å²) in [5.41, 5.74) is -0.804. The fourth-order valence-electron chi connectivity index (χ4n) is 3.14. The van der Waals surface area contributed by atoms with E-state index in [4.69, 9.17) is 9.47 Å². The molecule has 1 heterocycles. The standard InChI is InChI=1S/C19H26N2O6/c1-20(2)16(22)11-27-15-8-5-4-7-14(15)17(23)21-10-6-9-19(12-21,13-26-3)18(24)25/h4-5,7-8H,6,9-13H2,1-3H3,(H,24,25). The Morgan fingerprint density at radius 3 is 2.59 bits per heavy atom. The Morgan fingerprint density at radius 2 is 1.96 bits per heavy atom. The second kappa shape index (κ2) is 8.85. The fourth-order valence-corrected chi connectivity index (χ4v) is 3.14. The van der Waals surface area contributed by atoms with E-state index in [0.29, 0.717) is 30.7 Å². The number of amides is 2. The van der Waals surface area contributed by atoms with Gasteiger partial charge in [-0.05, 0) is 25.0 Å². The van der Waals surface area contributed by atoms with Crippen LogP contribution in [-0.4, -0.2) is 80.2 Å². The van der Waals surface area contributed by atoms with Crippen molar-refractivity contribution in [2.75, 3.05) is 47.5 Å². The zero-order valence-electron chi connectivity index (χ0n) is 15.9. The number of ether oxygens (including phenoxy) is 2. The molecule has 0 bridgehead atoms. The molecule has 1 fully saturated rings. The Balaban J connectivity index is 2.19. The lowest BCUT2D eigenvalue weighted by Crippen LogP contribution is -2.52. The molecule has 0 aromatic heterocycles. The van der Waals surface area contributed by atoms with Crippen molar-refractivity contribution in [1.82, 2.24) is 9.80 Å². The van der Waals surface area contributed by atoms with Crippen molar-refractivity contribution in [2.24, 2.45) is 5.41 Å². The van der Waals surface area contributed by atoms with Crippen LogP contribution in [0, 0.1) is 5.41 Å². The molecule has 1 aromatic rings. The molecular weight excluding hydrogens is 352 g/mol. The molecule has 148 valence electrons. The van der Waals surface area contributed by atoms with Crippen LogP contribution in [0.25, 0.3) is 0 Å². The molecule has 1 aliphatic heterocycles. The molecule has 0 spiro atoms. The monoisotopic (exact) mass is 378 g/mol. The molecule has 0 radical (unpaired) electrons. The second-order valence-electron chi connectivity index (χ2n) is 6.92. The number of hydrogen-bond donors (Lipinski definition) is 1. The molecule has 0 aliphatic carbocycles. The summed E-state index contributed by atoms with van der Waals surface area (Å²) in [6.45, 7) is 0.393. The highest BCUT2D eigenvalue weighted by Gasteiger charge is 2.44. The van der Waals surface area contributed by atoms with Crippen LogP contribution in [0.1, 0.15) is 23.2 Å². The molecule has 1 saturated heterocycles. The van der Waals surface area contributed by atoms with Gasteiger partial charge in [0.1, 0.15) is 11.2 Å². The number of carbonyl (C=O) groups excluding carboxylic acids is 2. The number of hydrogen-bond acceptors (Lipinski definition) is 5. The number of methoxy groups -OCH3 is 1. The first-order chi connectivity index (χ1) is 12.8. The summed E-state index contributed by atoms with van der Waals surface area (Å²) in [5.74, 6) is -1.21. The molecule has 2 amide bonds. The number of nitrogens with zero attached hydrogens (tertiary/aromatic N) is 2. The third kappa shape index (κ3) is 4.77. The van der Waals surface area contributed by atoms with E-state index in [1.165, 1.54) is 16.9 Å². The Hall–Kier alpha value is -2.61. The predicted molar refractivity (Wildman–Crippen MR) is 97.7 cm³/mol. The molecule has 1 aliphatic rings. The van der Waals surface area contributed by atoms with Crippen LogP contribution in [0.5, 0.6) is 5.75 Å².